The van der Waals surface area contributed by atoms with Gasteiger partial charge in [-0.3, -0.25) is 4.79 Å². The molecule has 19 heavy (non-hydrogen) atoms. The van der Waals surface area contributed by atoms with Gasteiger partial charge in [-0.2, -0.15) is 0 Å². The van der Waals surface area contributed by atoms with Crippen LogP contribution in [0, 0.1) is 6.92 Å². The Bertz CT molecular complexity index is 438. The fourth-order valence-electron chi connectivity index (χ4n) is 1.54. The maximum Gasteiger partial charge on any atom is 0.315 e. The zero-order chi connectivity index (χ0) is 14.5. The Labute approximate surface area is 120 Å². The fraction of sp³-hybridized carbons (Fsp3) is 0.533. The zero-order valence-electron chi connectivity index (χ0n) is 12.4. The van der Waals surface area contributed by atoms with Crippen molar-refractivity contribution >= 4 is 17.7 Å². The van der Waals surface area contributed by atoms with E-state index < -0.39 is 0 Å². The van der Waals surface area contributed by atoms with E-state index in [4.69, 9.17) is 0 Å². The quantitative estimate of drug-likeness (QED) is 0.664. The Morgan fingerprint density at radius 2 is 2.05 bits per heavy atom. The number of thioether (sulfide) groups is 1. The molecular formula is C15H23NO2S. The monoisotopic (exact) mass is 281 g/mol. The van der Waals surface area contributed by atoms with Gasteiger partial charge in [-0.25, -0.2) is 0 Å². The van der Waals surface area contributed by atoms with Crippen molar-refractivity contribution in [3.05, 3.63) is 29.3 Å². The van der Waals surface area contributed by atoms with Crippen molar-refractivity contribution in [3.63, 3.8) is 0 Å². The molecule has 0 heterocycles. The number of carbonyl (C=O) groups excluding carboxylic acids is 1. The average molecular weight is 281 g/mol. The van der Waals surface area contributed by atoms with Gasteiger partial charge in [0.2, 0.25) is 0 Å². The summed E-state index contributed by atoms with van der Waals surface area (Å²) < 4.78 is 4.67. The van der Waals surface area contributed by atoms with Crippen LogP contribution < -0.4 is 5.32 Å². The largest absolute Gasteiger partial charge is 0.468 e. The standard InChI is InChI=1S/C15H23NO2S/c1-11-6-7-13(19-10-14(17)18-5)12(8-11)9-16-15(2,3)4/h6-8,16H,9-10H2,1-5H3. The van der Waals surface area contributed by atoms with Crippen molar-refractivity contribution in [3.8, 4) is 0 Å². The number of hydrogen-bond acceptors (Lipinski definition) is 4. The molecule has 1 N–H and O–H groups in total. The highest BCUT2D eigenvalue weighted by Gasteiger charge is 2.12. The first-order chi connectivity index (χ1) is 8.81. The molecular weight excluding hydrogens is 258 g/mol. The second-order valence-corrected chi connectivity index (χ2v) is 6.60. The fourth-order valence-corrected chi connectivity index (χ4v) is 2.42. The number of nitrogens with one attached hydrogen (secondary N) is 1. The summed E-state index contributed by atoms with van der Waals surface area (Å²) in [5, 5.41) is 3.48. The molecule has 0 aromatic heterocycles. The van der Waals surface area contributed by atoms with Crippen LogP contribution in [0.15, 0.2) is 23.1 Å². The number of rotatable bonds is 5. The molecule has 0 bridgehead atoms. The van der Waals surface area contributed by atoms with Crippen molar-refractivity contribution in [1.29, 1.82) is 0 Å². The van der Waals surface area contributed by atoms with E-state index in [9.17, 15) is 4.79 Å². The SMILES string of the molecule is COC(=O)CSc1ccc(C)cc1CNC(C)(C)C. The molecule has 0 aliphatic rings. The van der Waals surface area contributed by atoms with E-state index in [1.54, 1.807) is 0 Å². The van der Waals surface area contributed by atoms with E-state index >= 15 is 0 Å². The molecule has 0 aliphatic carbocycles. The normalized spacial score (nSPS) is 11.4. The highest BCUT2D eigenvalue weighted by molar-refractivity contribution is 8.00. The summed E-state index contributed by atoms with van der Waals surface area (Å²) in [7, 11) is 1.42. The van der Waals surface area contributed by atoms with Gasteiger partial charge in [-0.15, -0.1) is 11.8 Å². The Kier molecular flexibility index (Phi) is 5.88. The number of methoxy groups -OCH3 is 1. The van der Waals surface area contributed by atoms with E-state index in [1.807, 2.05) is 0 Å². The molecule has 0 unspecified atom stereocenters. The summed E-state index contributed by atoms with van der Waals surface area (Å²) in [5.74, 6) is 0.155. The summed E-state index contributed by atoms with van der Waals surface area (Å²) in [6.07, 6.45) is 0. The van der Waals surface area contributed by atoms with Gasteiger partial charge >= 0.3 is 5.97 Å². The molecule has 1 aromatic rings. The molecule has 1 aromatic carbocycles. The molecule has 0 radical (unpaired) electrons. The van der Waals surface area contributed by atoms with Crippen molar-refractivity contribution in [2.24, 2.45) is 0 Å². The van der Waals surface area contributed by atoms with Crippen LogP contribution in [0.25, 0.3) is 0 Å². The van der Waals surface area contributed by atoms with Gasteiger partial charge in [-0.1, -0.05) is 17.7 Å². The number of benzene rings is 1. The second-order valence-electron chi connectivity index (χ2n) is 5.58. The molecule has 0 atom stereocenters. The van der Waals surface area contributed by atoms with E-state index in [0.29, 0.717) is 5.75 Å². The Balaban J connectivity index is 2.76. The first-order valence-corrected chi connectivity index (χ1v) is 7.34. The van der Waals surface area contributed by atoms with Crippen molar-refractivity contribution in [2.75, 3.05) is 12.9 Å². The third kappa shape index (κ3) is 6.12. The van der Waals surface area contributed by atoms with Gasteiger partial charge in [0.05, 0.1) is 12.9 Å². The summed E-state index contributed by atoms with van der Waals surface area (Å²) in [5.41, 5.74) is 2.53. The Morgan fingerprint density at radius 1 is 1.37 bits per heavy atom. The molecule has 0 fully saturated rings. The molecule has 3 nitrogen and oxygen atoms in total. The molecule has 0 saturated heterocycles. The minimum absolute atomic E-state index is 0.0774. The predicted molar refractivity (Wildman–Crippen MR) is 80.5 cm³/mol. The van der Waals surface area contributed by atoms with Crippen LogP contribution in [0.1, 0.15) is 31.9 Å². The van der Waals surface area contributed by atoms with Gasteiger partial charge in [0, 0.05) is 17.0 Å². The van der Waals surface area contributed by atoms with E-state index in [-0.39, 0.29) is 11.5 Å². The molecule has 106 valence electrons. The molecule has 0 amide bonds. The van der Waals surface area contributed by atoms with Crippen LogP contribution >= 0.6 is 11.8 Å². The molecule has 0 saturated carbocycles. The number of hydrogen-bond donors (Lipinski definition) is 1. The number of carbonyl (C=O) groups is 1. The van der Waals surface area contributed by atoms with Crippen LogP contribution in [0.2, 0.25) is 0 Å². The van der Waals surface area contributed by atoms with Gasteiger partial charge in [0.25, 0.3) is 0 Å². The third-order valence-corrected chi connectivity index (χ3v) is 3.69. The molecule has 0 aliphatic heterocycles. The third-order valence-electron chi connectivity index (χ3n) is 2.60. The molecule has 0 spiro atoms. The first kappa shape index (κ1) is 16.1. The topological polar surface area (TPSA) is 38.3 Å². The average Bonchev–Trinajstić information content (AvgIpc) is 2.33. The van der Waals surface area contributed by atoms with Gasteiger partial charge in [0.15, 0.2) is 0 Å². The summed E-state index contributed by atoms with van der Waals surface area (Å²) in [6.45, 7) is 9.31. The van der Waals surface area contributed by atoms with Gasteiger partial charge in [0.1, 0.15) is 0 Å². The van der Waals surface area contributed by atoms with Crippen LogP contribution in [0.3, 0.4) is 0 Å². The van der Waals surface area contributed by atoms with E-state index in [0.717, 1.165) is 11.4 Å². The second kappa shape index (κ2) is 6.96. The van der Waals surface area contributed by atoms with Crippen LogP contribution in [-0.2, 0) is 16.1 Å². The first-order valence-electron chi connectivity index (χ1n) is 6.36. The smallest absolute Gasteiger partial charge is 0.315 e. The Morgan fingerprint density at radius 3 is 2.63 bits per heavy atom. The van der Waals surface area contributed by atoms with Crippen molar-refractivity contribution in [1.82, 2.24) is 5.32 Å². The number of esters is 1. The summed E-state index contributed by atoms with van der Waals surface area (Å²) >= 11 is 1.52. The van der Waals surface area contributed by atoms with Crippen LogP contribution in [0.5, 0.6) is 0 Å². The zero-order valence-corrected chi connectivity index (χ0v) is 13.2. The van der Waals surface area contributed by atoms with Crippen LogP contribution in [0.4, 0.5) is 0 Å². The van der Waals surface area contributed by atoms with Crippen molar-refractivity contribution in [2.45, 2.75) is 44.7 Å². The minimum Gasteiger partial charge on any atom is -0.468 e. The van der Waals surface area contributed by atoms with E-state index in [1.165, 1.54) is 30.0 Å². The molecule has 1 rings (SSSR count). The van der Waals surface area contributed by atoms with Crippen LogP contribution in [-0.4, -0.2) is 24.4 Å². The lowest BCUT2D eigenvalue weighted by Crippen LogP contribution is -2.35. The lowest BCUT2D eigenvalue weighted by Gasteiger charge is -2.21. The Hall–Kier alpha value is -1.00. The summed E-state index contributed by atoms with van der Waals surface area (Å²) in [6, 6.07) is 6.31. The van der Waals surface area contributed by atoms with Crippen molar-refractivity contribution < 1.29 is 9.53 Å². The van der Waals surface area contributed by atoms with Gasteiger partial charge in [-0.05, 0) is 39.3 Å². The lowest BCUT2D eigenvalue weighted by molar-refractivity contribution is -0.137. The predicted octanol–water partition coefficient (Wildman–Crippen LogP) is 3.15. The highest BCUT2D eigenvalue weighted by atomic mass is 32.2. The lowest BCUT2D eigenvalue weighted by atomic mass is 10.1. The van der Waals surface area contributed by atoms with E-state index in [2.05, 4.69) is 55.9 Å². The molecule has 4 heteroatoms. The number of aryl methyl sites for hydroxylation is 1. The minimum atomic E-state index is -0.194. The summed E-state index contributed by atoms with van der Waals surface area (Å²) in [4.78, 5) is 12.4. The maximum atomic E-state index is 11.2. The highest BCUT2D eigenvalue weighted by Crippen LogP contribution is 2.24. The number of ether oxygens (including phenoxy) is 1. The van der Waals surface area contributed by atoms with Gasteiger partial charge < -0.3 is 10.1 Å². The maximum absolute atomic E-state index is 11.2.